The Hall–Kier alpha value is -11.3. The second kappa shape index (κ2) is 47.1. The topological polar surface area (TPSA) is 388 Å². The van der Waals surface area contributed by atoms with E-state index < -0.39 is 49.6 Å². The van der Waals surface area contributed by atoms with Crippen LogP contribution in [0.4, 0.5) is 0 Å². The van der Waals surface area contributed by atoms with Crippen molar-refractivity contribution in [2.24, 2.45) is 0 Å². The van der Waals surface area contributed by atoms with Gasteiger partial charge in [0.25, 0.3) is 0 Å². The molecule has 2 aromatic carbocycles. The van der Waals surface area contributed by atoms with Crippen molar-refractivity contribution in [1.29, 1.82) is 0 Å². The van der Waals surface area contributed by atoms with Crippen molar-refractivity contribution in [3.8, 4) is 97.2 Å². The summed E-state index contributed by atoms with van der Waals surface area (Å²) in [6, 6.07) is 64.2. The molecule has 15 aromatic rings. The van der Waals surface area contributed by atoms with Gasteiger partial charge in [0.15, 0.2) is 29.5 Å². The Morgan fingerprint density at radius 2 is 0.687 bits per heavy atom. The summed E-state index contributed by atoms with van der Waals surface area (Å²) < 4.78 is 169. The van der Waals surface area contributed by atoms with Crippen LogP contribution in [0.5, 0.6) is 40.2 Å². The number of ether oxygens (including phenoxy) is 7. The second-order valence-corrected chi connectivity index (χ2v) is 44.2. The van der Waals surface area contributed by atoms with Crippen LogP contribution in [0.2, 0.25) is 13.0 Å². The Morgan fingerprint density at radius 3 is 1.02 bits per heavy atom. The van der Waals surface area contributed by atoms with Gasteiger partial charge in [0.1, 0.15) is 62.8 Å². The lowest BCUT2D eigenvalue weighted by molar-refractivity contribution is 0.392. The van der Waals surface area contributed by atoms with Gasteiger partial charge < -0.3 is 33.2 Å². The number of thiophene rings is 3. The predicted octanol–water partition coefficient (Wildman–Crippen LogP) is 18.0. The zero-order valence-corrected chi connectivity index (χ0v) is 81.5. The summed E-state index contributed by atoms with van der Waals surface area (Å²) in [5.74, 6) is 3.48. The molecular weight excluding hydrogens is 1960 g/mol. The molecule has 13 aromatic heterocycles. The van der Waals surface area contributed by atoms with Gasteiger partial charge in [-0.25, -0.2) is 61.5 Å². The predicted molar refractivity (Wildman–Crippen MR) is 512 cm³/mol. The van der Waals surface area contributed by atoms with Crippen LogP contribution in [-0.4, -0.2) is 159 Å². The number of hydrogen-bond acceptors (Lipinski definition) is 30. The van der Waals surface area contributed by atoms with E-state index in [-0.39, 0.29) is 71.5 Å². The number of nitrogens with one attached hydrogen (secondary N) is 2. The number of aryl methyl sites for hydroxylation is 4. The molecule has 29 nitrogen and oxygen atoms in total. The minimum atomic E-state index is -3.82. The first-order valence-corrected chi connectivity index (χ1v) is 51.3. The molecule has 682 valence electrons. The van der Waals surface area contributed by atoms with Crippen molar-refractivity contribution >= 4 is 134 Å². The molecule has 131 heavy (non-hydrogen) atoms. The average Bonchev–Trinajstić information content (AvgIpc) is 1.58. The van der Waals surface area contributed by atoms with Crippen molar-refractivity contribution in [3.05, 3.63) is 306 Å². The molecular formula is C90H84BrCl3N12O17S8. The van der Waals surface area contributed by atoms with E-state index in [4.69, 9.17) is 68.0 Å². The molecule has 0 radical (unpaired) electrons. The maximum atomic E-state index is 13.0. The van der Waals surface area contributed by atoms with E-state index in [0.29, 0.717) is 140 Å². The van der Waals surface area contributed by atoms with E-state index in [2.05, 4.69) is 75.2 Å². The summed E-state index contributed by atoms with van der Waals surface area (Å²) in [5, 5.41) is 0. The normalized spacial score (nSPS) is 11.4. The molecule has 0 unspecified atom stereocenters. The van der Waals surface area contributed by atoms with Crippen molar-refractivity contribution in [3.63, 3.8) is 0 Å². The monoisotopic (exact) mass is 2040 g/mol. The SMILES string of the molecule is COc1cc(CCS(=O)(=O)c2cc(OC)ccc2OC)nc(-c2ccccn2)c1.COc1cc(CCS(=O)(=O)c2ccc(C)cc2)nc(-c2ccccn2)c1.COc1cc(CCS(=O)(=O)c2ccc(Cl)s2)nc(-c2ccccn2)c1.COc1cc(CNS(=O)(=O)c2cc(Cl)sc2Cl)nc(-c2ccccn2)c1.COc1cc(CNS(=O)(=O)c2ccc(Br)s2)nc(-c2ccccn2)c1. The molecule has 0 aliphatic heterocycles. The highest BCUT2D eigenvalue weighted by atomic mass is 79.9. The molecule has 0 fully saturated rings. The summed E-state index contributed by atoms with van der Waals surface area (Å²) in [7, 11) is -7.12. The highest BCUT2D eigenvalue weighted by Gasteiger charge is 2.26. The fourth-order valence-corrected chi connectivity index (χ4v) is 23.7. The van der Waals surface area contributed by atoms with Crippen LogP contribution >= 0.6 is 84.7 Å². The summed E-state index contributed by atoms with van der Waals surface area (Å²) in [6.07, 6.45) is 9.16. The van der Waals surface area contributed by atoms with E-state index in [9.17, 15) is 42.1 Å². The summed E-state index contributed by atoms with van der Waals surface area (Å²) in [6.45, 7) is 1.94. The summed E-state index contributed by atoms with van der Waals surface area (Å²) in [5.41, 5.74) is 10.5. The third-order valence-corrected chi connectivity index (χ3v) is 32.2. The van der Waals surface area contributed by atoms with Gasteiger partial charge in [-0.05, 0) is 138 Å². The van der Waals surface area contributed by atoms with Crippen LogP contribution in [0.3, 0.4) is 0 Å². The lowest BCUT2D eigenvalue weighted by atomic mass is 10.2. The second-order valence-electron chi connectivity index (χ2n) is 27.5. The molecule has 0 amide bonds. The number of hydrogen-bond donors (Lipinski definition) is 2. The molecule has 15 rings (SSSR count). The molecule has 0 saturated heterocycles. The van der Waals surface area contributed by atoms with Gasteiger partial charge in [-0.1, -0.05) is 82.8 Å². The lowest BCUT2D eigenvalue weighted by Crippen LogP contribution is -2.23. The fraction of sp³-hybridized carbons (Fsp3) is 0.178. The minimum absolute atomic E-state index is 0.0160. The van der Waals surface area contributed by atoms with Crippen molar-refractivity contribution in [2.75, 3.05) is 67.0 Å². The van der Waals surface area contributed by atoms with Crippen LogP contribution in [0, 0.1) is 6.92 Å². The van der Waals surface area contributed by atoms with E-state index in [1.54, 1.807) is 181 Å². The van der Waals surface area contributed by atoms with Gasteiger partial charge in [0, 0.05) is 134 Å². The summed E-state index contributed by atoms with van der Waals surface area (Å²) in [4.78, 5) is 44.3. The number of pyridine rings is 10. The van der Waals surface area contributed by atoms with Gasteiger partial charge >= 0.3 is 0 Å². The average molecular weight is 2050 g/mol. The van der Waals surface area contributed by atoms with Crippen LogP contribution in [-0.2, 0) is 81.9 Å². The highest BCUT2D eigenvalue weighted by Crippen LogP contribution is 2.37. The first kappa shape index (κ1) is 100. The number of sulfonamides is 2. The maximum absolute atomic E-state index is 13.0. The molecule has 13 heterocycles. The molecule has 41 heteroatoms. The first-order valence-electron chi connectivity index (χ1n) is 39.0. The van der Waals surface area contributed by atoms with Gasteiger partial charge in [-0.15, -0.1) is 34.0 Å². The standard InChI is InChI=1S/C21H22N2O5S.C20H20N2O3S.C17H15ClN2O3S2.C16H14BrN3O3S2.C16H13Cl2N3O3S2/c1-26-16-7-8-20(28-3)21(14-16)29(24,25)11-9-15-12-17(27-2)13-19(23-15)18-6-4-5-10-22-18;1-15-6-8-18(9-7-15)26(23,24)12-10-16-13-17(25-2)14-20(22-16)19-5-3-4-11-21-19;1-23-13-10-12(20-15(11-13)14-4-2-3-8-19-14)7-9-25(21,22)17-6-5-16(18)24-17;1-23-12-8-11(20-14(9-12)13-4-2-3-7-18-13)10-19-25(21,22)16-6-5-15(17)24-16;1-24-11-6-10(21-13(7-11)12-4-2-3-5-19-12)9-20-26(22,23)14-8-15(17)25-16(14)18/h4-8,10,12-14H,9,11H2,1-3H3;3-9,11,13-14H,10,12H2,1-2H3;2-6,8,10-11H,7,9H2,1H3;2-9,19H,10H2,1H3;2-8,20H,9H2,1H3. The van der Waals surface area contributed by atoms with E-state index >= 15 is 0 Å². The number of benzene rings is 2. The zero-order valence-electron chi connectivity index (χ0n) is 71.1. The summed E-state index contributed by atoms with van der Waals surface area (Å²) >= 11 is 24.1. The van der Waals surface area contributed by atoms with E-state index in [1.165, 1.54) is 39.5 Å². The number of rotatable bonds is 32. The number of halogens is 4. The van der Waals surface area contributed by atoms with Crippen molar-refractivity contribution in [2.45, 2.75) is 62.4 Å². The van der Waals surface area contributed by atoms with Gasteiger partial charge in [-0.2, -0.15) is 0 Å². The minimum Gasteiger partial charge on any atom is -0.497 e. The maximum Gasteiger partial charge on any atom is 0.250 e. The molecule has 0 aliphatic rings. The Kier molecular flexibility index (Phi) is 36.1. The largest absolute Gasteiger partial charge is 0.497 e. The lowest BCUT2D eigenvalue weighted by Gasteiger charge is -2.12. The highest BCUT2D eigenvalue weighted by molar-refractivity contribution is 9.11. The Balaban J connectivity index is 0.000000158. The molecule has 2 N–H and O–H groups in total. The third-order valence-electron chi connectivity index (χ3n) is 18.5. The number of nitrogens with zero attached hydrogens (tertiary/aromatic N) is 10. The first-order chi connectivity index (χ1) is 62.8. The Bertz CT molecular complexity index is 6820. The molecule has 0 atom stereocenters. The van der Waals surface area contributed by atoms with Crippen LogP contribution in [0.25, 0.3) is 56.9 Å². The van der Waals surface area contributed by atoms with Crippen molar-refractivity contribution < 1.29 is 75.2 Å². The van der Waals surface area contributed by atoms with Gasteiger partial charge in [0.2, 0.25) is 20.0 Å². The fourth-order valence-electron chi connectivity index (χ4n) is 11.9. The number of sulfone groups is 3. The molecule has 0 aliphatic carbocycles. The van der Waals surface area contributed by atoms with Crippen LogP contribution < -0.4 is 42.6 Å². The zero-order chi connectivity index (χ0) is 93.9. The number of methoxy groups -OCH3 is 7. The number of aromatic nitrogens is 10. The molecule has 0 spiro atoms. The molecule has 0 saturated carbocycles. The van der Waals surface area contributed by atoms with Crippen LogP contribution in [0.1, 0.15) is 34.0 Å². The molecule has 0 bridgehead atoms. The van der Waals surface area contributed by atoms with Crippen LogP contribution in [0.15, 0.2) is 282 Å². The smallest absolute Gasteiger partial charge is 0.250 e. The van der Waals surface area contributed by atoms with E-state index in [0.717, 1.165) is 43.4 Å². The quantitative estimate of drug-likeness (QED) is 0.0395. The van der Waals surface area contributed by atoms with Gasteiger partial charge in [-0.3, -0.25) is 39.9 Å². The van der Waals surface area contributed by atoms with E-state index in [1.807, 2.05) is 91.9 Å². The van der Waals surface area contributed by atoms with Gasteiger partial charge in [0.05, 0.1) is 166 Å². The Morgan fingerprint density at radius 1 is 0.321 bits per heavy atom. The van der Waals surface area contributed by atoms with Crippen molar-refractivity contribution in [1.82, 2.24) is 59.3 Å². The Labute approximate surface area is 794 Å². The third kappa shape index (κ3) is 29.1.